The molecule has 2 aromatic rings. The number of aryl methyl sites for hydroxylation is 1. The summed E-state index contributed by atoms with van der Waals surface area (Å²) >= 11 is 0. The molecule has 1 heterocycles. The fourth-order valence-corrected chi connectivity index (χ4v) is 4.78. The maximum absolute atomic E-state index is 13.0. The van der Waals surface area contributed by atoms with E-state index >= 15 is 0 Å². The zero-order valence-corrected chi connectivity index (χ0v) is 15.9. The Morgan fingerprint density at radius 1 is 1.11 bits per heavy atom. The van der Waals surface area contributed by atoms with Crippen LogP contribution in [0, 0.1) is 5.92 Å². The van der Waals surface area contributed by atoms with Gasteiger partial charge in [-0.1, -0.05) is 12.1 Å². The molecular weight excluding hydrogens is 364 g/mol. The van der Waals surface area contributed by atoms with Crippen molar-refractivity contribution in [2.24, 2.45) is 5.92 Å². The maximum atomic E-state index is 13.0. The fourth-order valence-electron chi connectivity index (χ4n) is 3.44. The number of amides is 1. The number of sulfonamides is 1. The molecule has 1 aliphatic heterocycles. The summed E-state index contributed by atoms with van der Waals surface area (Å²) in [5, 5.41) is 2.78. The molecule has 2 aliphatic rings. The van der Waals surface area contributed by atoms with Gasteiger partial charge in [-0.05, 0) is 66.6 Å². The summed E-state index contributed by atoms with van der Waals surface area (Å²) in [5.41, 5.74) is 2.48. The van der Waals surface area contributed by atoms with Crippen molar-refractivity contribution >= 4 is 21.6 Å². The number of rotatable bonds is 6. The topological polar surface area (TPSA) is 84.5 Å². The number of fused-ring (bicyclic) bond motifs is 1. The van der Waals surface area contributed by atoms with Crippen LogP contribution in [0.3, 0.4) is 0 Å². The Kier molecular flexibility index (Phi) is 4.65. The third kappa shape index (κ3) is 3.84. The molecule has 0 bridgehead atoms. The van der Waals surface area contributed by atoms with Gasteiger partial charge in [0.2, 0.25) is 15.9 Å². The molecule has 142 valence electrons. The predicted molar refractivity (Wildman–Crippen MR) is 102 cm³/mol. The highest BCUT2D eigenvalue weighted by Crippen LogP contribution is 2.42. The van der Waals surface area contributed by atoms with Crippen LogP contribution in [0.25, 0.3) is 0 Å². The van der Waals surface area contributed by atoms with Gasteiger partial charge in [0.05, 0.1) is 12.0 Å². The summed E-state index contributed by atoms with van der Waals surface area (Å²) in [5.74, 6) is 1.02. The van der Waals surface area contributed by atoms with E-state index in [-0.39, 0.29) is 16.8 Å². The lowest BCUT2D eigenvalue weighted by atomic mass is 10.0. The summed E-state index contributed by atoms with van der Waals surface area (Å²) in [6.45, 7) is 0. The standard InChI is InChI=1S/C20H22N2O4S/c1-26-16-7-4-14(5-8-16)20(13-2-3-13)22-27(24,25)17-9-10-18-15(12-17)6-11-19(23)21-18/h4-5,7-10,12-13,20,22H,2-3,6,11H2,1H3,(H,21,23). The summed E-state index contributed by atoms with van der Waals surface area (Å²) in [7, 11) is -2.06. The highest BCUT2D eigenvalue weighted by molar-refractivity contribution is 7.89. The van der Waals surface area contributed by atoms with E-state index in [4.69, 9.17) is 4.74 Å². The second-order valence-corrected chi connectivity index (χ2v) is 8.79. The molecule has 0 saturated heterocycles. The molecule has 1 saturated carbocycles. The monoisotopic (exact) mass is 386 g/mol. The van der Waals surface area contributed by atoms with E-state index in [0.29, 0.717) is 24.4 Å². The van der Waals surface area contributed by atoms with Crippen molar-refractivity contribution in [1.29, 1.82) is 0 Å². The average Bonchev–Trinajstić information content (AvgIpc) is 3.51. The van der Waals surface area contributed by atoms with Crippen LogP contribution >= 0.6 is 0 Å². The average molecular weight is 386 g/mol. The molecular formula is C20H22N2O4S. The Bertz CT molecular complexity index is 966. The smallest absolute Gasteiger partial charge is 0.241 e. The van der Waals surface area contributed by atoms with Crippen LogP contribution in [-0.4, -0.2) is 21.4 Å². The van der Waals surface area contributed by atoms with Crippen molar-refractivity contribution in [2.75, 3.05) is 12.4 Å². The van der Waals surface area contributed by atoms with Crippen LogP contribution in [-0.2, 0) is 21.2 Å². The molecule has 2 N–H and O–H groups in total. The molecule has 7 heteroatoms. The maximum Gasteiger partial charge on any atom is 0.241 e. The van der Waals surface area contributed by atoms with Crippen LogP contribution < -0.4 is 14.8 Å². The Morgan fingerprint density at radius 3 is 2.52 bits per heavy atom. The molecule has 1 unspecified atom stereocenters. The quantitative estimate of drug-likeness (QED) is 0.799. The molecule has 6 nitrogen and oxygen atoms in total. The summed E-state index contributed by atoms with van der Waals surface area (Å²) < 4.78 is 34.1. The van der Waals surface area contributed by atoms with E-state index in [1.807, 2.05) is 24.3 Å². The first-order chi connectivity index (χ1) is 13.0. The van der Waals surface area contributed by atoms with Crippen LogP contribution in [0.5, 0.6) is 5.75 Å². The van der Waals surface area contributed by atoms with E-state index in [2.05, 4.69) is 10.0 Å². The van der Waals surface area contributed by atoms with Crippen molar-refractivity contribution in [1.82, 2.24) is 4.72 Å². The first-order valence-corrected chi connectivity index (χ1v) is 10.5. The van der Waals surface area contributed by atoms with Gasteiger partial charge in [-0.2, -0.15) is 0 Å². The molecule has 1 aliphatic carbocycles. The second-order valence-electron chi connectivity index (χ2n) is 7.08. The Hall–Kier alpha value is -2.38. The lowest BCUT2D eigenvalue weighted by molar-refractivity contribution is -0.116. The SMILES string of the molecule is COc1ccc(C(NS(=O)(=O)c2ccc3c(c2)CCC(=O)N3)C2CC2)cc1. The van der Waals surface area contributed by atoms with Crippen molar-refractivity contribution in [2.45, 2.75) is 36.6 Å². The van der Waals surface area contributed by atoms with E-state index in [1.54, 1.807) is 25.3 Å². The van der Waals surface area contributed by atoms with E-state index < -0.39 is 10.0 Å². The van der Waals surface area contributed by atoms with Crippen LogP contribution in [0.1, 0.15) is 36.4 Å². The summed E-state index contributed by atoms with van der Waals surface area (Å²) in [6.07, 6.45) is 2.94. The van der Waals surface area contributed by atoms with Gasteiger partial charge in [-0.25, -0.2) is 13.1 Å². The van der Waals surface area contributed by atoms with Gasteiger partial charge in [0.25, 0.3) is 0 Å². The van der Waals surface area contributed by atoms with Crippen molar-refractivity contribution < 1.29 is 17.9 Å². The van der Waals surface area contributed by atoms with Gasteiger partial charge in [0, 0.05) is 18.2 Å². The number of hydrogen-bond donors (Lipinski definition) is 2. The number of methoxy groups -OCH3 is 1. The summed E-state index contributed by atoms with van der Waals surface area (Å²) in [6, 6.07) is 12.1. The zero-order valence-electron chi connectivity index (χ0n) is 15.1. The molecule has 1 amide bonds. The normalized spacial score (nSPS) is 17.7. The number of nitrogens with one attached hydrogen (secondary N) is 2. The zero-order chi connectivity index (χ0) is 19.0. The molecule has 27 heavy (non-hydrogen) atoms. The molecule has 2 aromatic carbocycles. The van der Waals surface area contributed by atoms with E-state index in [1.165, 1.54) is 0 Å². The molecule has 1 atom stereocenters. The Morgan fingerprint density at radius 2 is 1.85 bits per heavy atom. The number of carbonyl (C=O) groups excluding carboxylic acids is 1. The van der Waals surface area contributed by atoms with Gasteiger partial charge in [-0.15, -0.1) is 0 Å². The minimum absolute atomic E-state index is 0.0375. The van der Waals surface area contributed by atoms with E-state index in [0.717, 1.165) is 29.7 Å². The van der Waals surface area contributed by atoms with E-state index in [9.17, 15) is 13.2 Å². The number of ether oxygens (including phenoxy) is 1. The van der Waals surface area contributed by atoms with Crippen LogP contribution in [0.15, 0.2) is 47.4 Å². The lowest BCUT2D eigenvalue weighted by Crippen LogP contribution is -2.30. The predicted octanol–water partition coefficient (Wildman–Crippen LogP) is 3.01. The van der Waals surface area contributed by atoms with Gasteiger partial charge in [-0.3, -0.25) is 4.79 Å². The van der Waals surface area contributed by atoms with Gasteiger partial charge in [0.1, 0.15) is 5.75 Å². The minimum Gasteiger partial charge on any atom is -0.497 e. The Labute approximate surface area is 159 Å². The fraction of sp³-hybridized carbons (Fsp3) is 0.350. The molecule has 4 rings (SSSR count). The van der Waals surface area contributed by atoms with Gasteiger partial charge < -0.3 is 10.1 Å². The molecule has 1 fully saturated rings. The number of anilines is 1. The van der Waals surface area contributed by atoms with Crippen molar-refractivity contribution in [3.05, 3.63) is 53.6 Å². The van der Waals surface area contributed by atoms with Gasteiger partial charge in [0.15, 0.2) is 0 Å². The first-order valence-electron chi connectivity index (χ1n) is 9.05. The third-order valence-corrected chi connectivity index (χ3v) is 6.57. The number of carbonyl (C=O) groups is 1. The third-order valence-electron chi connectivity index (χ3n) is 5.13. The summed E-state index contributed by atoms with van der Waals surface area (Å²) in [4.78, 5) is 11.7. The highest BCUT2D eigenvalue weighted by Gasteiger charge is 2.35. The minimum atomic E-state index is -3.67. The molecule has 0 radical (unpaired) electrons. The first kappa shape index (κ1) is 18.0. The largest absolute Gasteiger partial charge is 0.497 e. The van der Waals surface area contributed by atoms with Crippen molar-refractivity contribution in [3.63, 3.8) is 0 Å². The molecule has 0 aromatic heterocycles. The second kappa shape index (κ2) is 6.98. The highest BCUT2D eigenvalue weighted by atomic mass is 32.2. The number of benzene rings is 2. The van der Waals surface area contributed by atoms with Crippen molar-refractivity contribution in [3.8, 4) is 5.75 Å². The van der Waals surface area contributed by atoms with Crippen LogP contribution in [0.4, 0.5) is 5.69 Å². The van der Waals surface area contributed by atoms with Crippen LogP contribution in [0.2, 0.25) is 0 Å². The Balaban J connectivity index is 1.60. The number of hydrogen-bond acceptors (Lipinski definition) is 4. The van der Waals surface area contributed by atoms with Gasteiger partial charge >= 0.3 is 0 Å². The molecule has 0 spiro atoms. The lowest BCUT2D eigenvalue weighted by Gasteiger charge is -2.21.